The van der Waals surface area contributed by atoms with Gasteiger partial charge >= 0.3 is 0 Å². The number of nitrogens with one attached hydrogen (secondary N) is 1. The Balaban J connectivity index is 0.00000144. The average Bonchev–Trinajstić information content (AvgIpc) is 2.80. The molecule has 1 amide bonds. The van der Waals surface area contributed by atoms with Crippen LogP contribution in [0.5, 0.6) is 0 Å². The van der Waals surface area contributed by atoms with Crippen molar-refractivity contribution in [3.63, 3.8) is 0 Å². The topological polar surface area (TPSA) is 32.3 Å². The molecule has 1 fully saturated rings. The summed E-state index contributed by atoms with van der Waals surface area (Å²) >= 11 is 5.87. The van der Waals surface area contributed by atoms with Crippen LogP contribution < -0.4 is 5.32 Å². The molecule has 0 spiro atoms. The van der Waals surface area contributed by atoms with E-state index in [1.54, 1.807) is 29.2 Å². The summed E-state index contributed by atoms with van der Waals surface area (Å²) in [5.41, 5.74) is 0.655. The normalized spacial score (nSPS) is 18.6. The van der Waals surface area contributed by atoms with E-state index in [4.69, 9.17) is 11.6 Å². The third-order valence-electron chi connectivity index (χ3n) is 2.97. The molecular formula is C12H16Cl2N2O. The number of nitrogens with zero attached hydrogens (tertiary/aromatic N) is 1. The Morgan fingerprint density at radius 3 is 2.88 bits per heavy atom. The van der Waals surface area contributed by atoms with Crippen molar-refractivity contribution >= 4 is 29.9 Å². The van der Waals surface area contributed by atoms with Gasteiger partial charge in [-0.15, -0.1) is 12.4 Å². The molecule has 1 aromatic carbocycles. The molecular weight excluding hydrogens is 259 g/mol. The Morgan fingerprint density at radius 1 is 1.53 bits per heavy atom. The lowest BCUT2D eigenvalue weighted by Gasteiger charge is -2.23. The summed E-state index contributed by atoms with van der Waals surface area (Å²) in [4.78, 5) is 13.9. The second-order valence-corrected chi connectivity index (χ2v) is 4.51. The number of carbonyl (C=O) groups excluding carboxylic acids is 1. The van der Waals surface area contributed by atoms with Crippen molar-refractivity contribution in [2.24, 2.45) is 0 Å². The van der Waals surface area contributed by atoms with Crippen LogP contribution in [0.1, 0.15) is 16.8 Å². The fraction of sp³-hybridized carbons (Fsp3) is 0.417. The van der Waals surface area contributed by atoms with Crippen LogP contribution in [0.3, 0.4) is 0 Å². The molecule has 1 aromatic rings. The quantitative estimate of drug-likeness (QED) is 0.897. The molecule has 1 aliphatic rings. The Morgan fingerprint density at radius 2 is 2.29 bits per heavy atom. The van der Waals surface area contributed by atoms with E-state index in [0.717, 1.165) is 19.5 Å². The van der Waals surface area contributed by atoms with Gasteiger partial charge in [0.2, 0.25) is 0 Å². The summed E-state index contributed by atoms with van der Waals surface area (Å²) in [6.07, 6.45) is 1.02. The summed E-state index contributed by atoms with van der Waals surface area (Å²) in [5.74, 6) is 0.0381. The van der Waals surface area contributed by atoms with Gasteiger partial charge in [0, 0.05) is 30.2 Å². The molecule has 1 N–H and O–H groups in total. The molecule has 0 radical (unpaired) electrons. The van der Waals surface area contributed by atoms with E-state index < -0.39 is 0 Å². The van der Waals surface area contributed by atoms with Crippen LogP contribution in [0, 0.1) is 0 Å². The minimum absolute atomic E-state index is 0. The highest BCUT2D eigenvalue weighted by Crippen LogP contribution is 2.15. The first kappa shape index (κ1) is 14.3. The number of hydrogen-bond acceptors (Lipinski definition) is 2. The smallest absolute Gasteiger partial charge is 0.253 e. The van der Waals surface area contributed by atoms with Gasteiger partial charge in [0.15, 0.2) is 0 Å². The molecule has 94 valence electrons. The van der Waals surface area contributed by atoms with Crippen molar-refractivity contribution in [3.8, 4) is 0 Å². The minimum Gasteiger partial charge on any atom is -0.337 e. The lowest BCUT2D eigenvalue weighted by atomic mass is 10.1. The number of amides is 1. The molecule has 1 heterocycles. The predicted molar refractivity (Wildman–Crippen MR) is 72.1 cm³/mol. The maximum absolute atomic E-state index is 12.1. The highest BCUT2D eigenvalue weighted by Gasteiger charge is 2.23. The molecule has 0 unspecified atom stereocenters. The SMILES string of the molecule is CN(C(=O)c1cccc(Cl)c1)[C@H]1CCNC1.Cl. The highest BCUT2D eigenvalue weighted by molar-refractivity contribution is 6.30. The minimum atomic E-state index is 0. The molecule has 0 saturated carbocycles. The van der Waals surface area contributed by atoms with Gasteiger partial charge in [-0.1, -0.05) is 17.7 Å². The number of rotatable bonds is 2. The third kappa shape index (κ3) is 3.35. The predicted octanol–water partition coefficient (Wildman–Crippen LogP) is 2.20. The van der Waals surface area contributed by atoms with Crippen LogP contribution in [-0.2, 0) is 0 Å². The highest BCUT2D eigenvalue weighted by atomic mass is 35.5. The second-order valence-electron chi connectivity index (χ2n) is 4.07. The van der Waals surface area contributed by atoms with Gasteiger partial charge < -0.3 is 10.2 Å². The van der Waals surface area contributed by atoms with Crippen LogP contribution in [-0.4, -0.2) is 37.0 Å². The molecule has 1 atom stereocenters. The first-order valence-corrected chi connectivity index (χ1v) is 5.80. The maximum Gasteiger partial charge on any atom is 0.253 e. The van der Waals surface area contributed by atoms with E-state index in [-0.39, 0.29) is 18.3 Å². The van der Waals surface area contributed by atoms with Crippen LogP contribution in [0.2, 0.25) is 5.02 Å². The fourth-order valence-electron chi connectivity index (χ4n) is 1.96. The van der Waals surface area contributed by atoms with Crippen LogP contribution in [0.25, 0.3) is 0 Å². The molecule has 17 heavy (non-hydrogen) atoms. The zero-order chi connectivity index (χ0) is 11.5. The van der Waals surface area contributed by atoms with Crippen molar-refractivity contribution in [2.75, 3.05) is 20.1 Å². The van der Waals surface area contributed by atoms with Crippen LogP contribution >= 0.6 is 24.0 Å². The molecule has 0 aromatic heterocycles. The molecule has 0 bridgehead atoms. The lowest BCUT2D eigenvalue weighted by Crippen LogP contribution is -2.38. The van der Waals surface area contributed by atoms with Gasteiger partial charge in [0.1, 0.15) is 0 Å². The summed E-state index contributed by atoms with van der Waals surface area (Å²) in [7, 11) is 1.85. The van der Waals surface area contributed by atoms with Gasteiger partial charge in [-0.05, 0) is 31.2 Å². The van der Waals surface area contributed by atoms with Crippen molar-refractivity contribution < 1.29 is 4.79 Å². The van der Waals surface area contributed by atoms with Crippen molar-refractivity contribution in [1.29, 1.82) is 0 Å². The van der Waals surface area contributed by atoms with Crippen molar-refractivity contribution in [1.82, 2.24) is 10.2 Å². The van der Waals surface area contributed by atoms with Gasteiger partial charge in [0.05, 0.1) is 0 Å². The summed E-state index contributed by atoms with van der Waals surface area (Å²) in [6, 6.07) is 7.38. The number of halogens is 2. The Kier molecular flexibility index (Phi) is 5.25. The number of benzene rings is 1. The Labute approximate surface area is 113 Å². The summed E-state index contributed by atoms with van der Waals surface area (Å²) in [5, 5.41) is 3.85. The van der Waals surface area contributed by atoms with E-state index in [0.29, 0.717) is 16.6 Å². The zero-order valence-electron chi connectivity index (χ0n) is 9.65. The van der Waals surface area contributed by atoms with Crippen LogP contribution in [0.15, 0.2) is 24.3 Å². The third-order valence-corrected chi connectivity index (χ3v) is 3.21. The first-order chi connectivity index (χ1) is 7.68. The number of carbonyl (C=O) groups is 1. The average molecular weight is 275 g/mol. The molecule has 0 aliphatic carbocycles. The number of likely N-dealkylation sites (N-methyl/N-ethyl adjacent to an activating group) is 1. The standard InChI is InChI=1S/C12H15ClN2O.ClH/c1-15(11-5-6-14-8-11)12(16)9-3-2-4-10(13)7-9;/h2-4,7,11,14H,5-6,8H2,1H3;1H/t11-;/m0./s1. The van der Waals surface area contributed by atoms with E-state index in [1.165, 1.54) is 0 Å². The number of hydrogen-bond donors (Lipinski definition) is 1. The largest absolute Gasteiger partial charge is 0.337 e. The first-order valence-electron chi connectivity index (χ1n) is 5.42. The van der Waals surface area contributed by atoms with Gasteiger partial charge in [-0.25, -0.2) is 0 Å². The molecule has 1 saturated heterocycles. The van der Waals surface area contributed by atoms with Crippen LogP contribution in [0.4, 0.5) is 0 Å². The lowest BCUT2D eigenvalue weighted by molar-refractivity contribution is 0.0744. The van der Waals surface area contributed by atoms with Crippen molar-refractivity contribution in [2.45, 2.75) is 12.5 Å². The van der Waals surface area contributed by atoms with Gasteiger partial charge in [0.25, 0.3) is 5.91 Å². The Bertz CT molecular complexity index is 392. The van der Waals surface area contributed by atoms with E-state index >= 15 is 0 Å². The molecule has 3 nitrogen and oxygen atoms in total. The van der Waals surface area contributed by atoms with Gasteiger partial charge in [-0.3, -0.25) is 4.79 Å². The fourth-order valence-corrected chi connectivity index (χ4v) is 2.15. The van der Waals surface area contributed by atoms with E-state index in [1.807, 2.05) is 7.05 Å². The zero-order valence-corrected chi connectivity index (χ0v) is 11.2. The van der Waals surface area contributed by atoms with Gasteiger partial charge in [-0.2, -0.15) is 0 Å². The summed E-state index contributed by atoms with van der Waals surface area (Å²) < 4.78 is 0. The van der Waals surface area contributed by atoms with Crippen molar-refractivity contribution in [3.05, 3.63) is 34.9 Å². The molecule has 2 rings (SSSR count). The maximum atomic E-state index is 12.1. The van der Waals surface area contributed by atoms with E-state index in [9.17, 15) is 4.79 Å². The monoisotopic (exact) mass is 274 g/mol. The summed E-state index contributed by atoms with van der Waals surface area (Å²) in [6.45, 7) is 1.86. The Hall–Kier alpha value is -0.770. The molecule has 1 aliphatic heterocycles. The second kappa shape index (κ2) is 6.24. The molecule has 5 heteroatoms. The van der Waals surface area contributed by atoms with E-state index in [2.05, 4.69) is 5.32 Å².